The van der Waals surface area contributed by atoms with E-state index in [1.165, 1.54) is 212 Å². The van der Waals surface area contributed by atoms with E-state index in [0.717, 1.165) is 38.5 Å². The van der Waals surface area contributed by atoms with Gasteiger partial charge in [0.25, 0.3) is 0 Å². The van der Waals surface area contributed by atoms with E-state index in [2.05, 4.69) is 43.5 Å². The van der Waals surface area contributed by atoms with Crippen LogP contribution in [0.3, 0.4) is 0 Å². The molecule has 1 amide bonds. The van der Waals surface area contributed by atoms with Crippen LogP contribution in [0.1, 0.15) is 271 Å². The zero-order chi connectivity index (χ0) is 40.7. The van der Waals surface area contributed by atoms with Gasteiger partial charge in [0.15, 0.2) is 0 Å². The number of amides is 1. The summed E-state index contributed by atoms with van der Waals surface area (Å²) in [6, 6.07) is -0.642. The average Bonchev–Trinajstić information content (AvgIpc) is 3.20. The second-order valence-corrected chi connectivity index (χ2v) is 17.2. The maximum atomic E-state index is 12.4. The third kappa shape index (κ3) is 43.7. The quantitative estimate of drug-likeness (QED) is 0.0425. The molecule has 0 aliphatic heterocycles. The number of rotatable bonds is 46. The van der Waals surface area contributed by atoms with Gasteiger partial charge in [0, 0.05) is 6.42 Å². The maximum Gasteiger partial charge on any atom is 0.220 e. The molecule has 0 aliphatic rings. The maximum absolute atomic E-state index is 12.4. The smallest absolute Gasteiger partial charge is 0.220 e. The highest BCUT2D eigenvalue weighted by Crippen LogP contribution is 2.16. The molecule has 4 heteroatoms. The highest BCUT2D eigenvalue weighted by molar-refractivity contribution is 5.76. The van der Waals surface area contributed by atoms with Crippen molar-refractivity contribution in [3.8, 4) is 0 Å². The largest absolute Gasteiger partial charge is 0.394 e. The van der Waals surface area contributed by atoms with E-state index < -0.39 is 12.1 Å². The normalized spacial score (nSPS) is 13.1. The molecule has 0 aromatic rings. The minimum absolute atomic E-state index is 0.0758. The summed E-state index contributed by atoms with van der Waals surface area (Å²) >= 11 is 0. The standard InChI is InChI=1S/C52H99NO3/c1-3-5-7-9-11-13-15-17-19-20-21-22-23-24-25-26-27-28-29-30-31-32-33-34-35-37-39-41-43-45-47-51(55)50(49-54)53-52(56)48-46-44-42-40-38-36-18-16-14-12-10-8-6-4-2/h32-33,37,39,45,47,50-51,54-55H,3-31,34-36,38,40-44,46,48-49H2,1-2H3,(H,53,56)/b33-32+,39-37+,47-45+. The fraction of sp³-hybridized carbons (Fsp3) is 0.865. The molecule has 0 fully saturated rings. The van der Waals surface area contributed by atoms with E-state index in [1.807, 2.05) is 6.08 Å². The van der Waals surface area contributed by atoms with Gasteiger partial charge in [-0.15, -0.1) is 0 Å². The topological polar surface area (TPSA) is 69.6 Å². The number of hydrogen-bond donors (Lipinski definition) is 3. The van der Waals surface area contributed by atoms with E-state index in [9.17, 15) is 15.0 Å². The highest BCUT2D eigenvalue weighted by atomic mass is 16.3. The van der Waals surface area contributed by atoms with Crippen LogP contribution in [-0.2, 0) is 4.79 Å². The number of carbonyl (C=O) groups is 1. The van der Waals surface area contributed by atoms with Crippen LogP contribution in [0.5, 0.6) is 0 Å². The molecule has 3 N–H and O–H groups in total. The first kappa shape index (κ1) is 54.6. The SMILES string of the molecule is CCCCCCCCCCCCCCCCCCCCCC/C=C/CC/C=C/CC/C=C/C(O)C(CO)NC(=O)CCCCCCCCCCCCCCCC. The van der Waals surface area contributed by atoms with Crippen molar-refractivity contribution in [3.63, 3.8) is 0 Å². The molecule has 2 atom stereocenters. The van der Waals surface area contributed by atoms with Crippen LogP contribution < -0.4 is 5.32 Å². The van der Waals surface area contributed by atoms with Gasteiger partial charge in [0.1, 0.15) is 0 Å². The van der Waals surface area contributed by atoms with Crippen molar-refractivity contribution in [2.45, 2.75) is 283 Å². The Kier molecular flexibility index (Phi) is 46.8. The molecular weight excluding hydrogens is 687 g/mol. The first-order valence-corrected chi connectivity index (χ1v) is 25.2. The van der Waals surface area contributed by atoms with E-state index in [0.29, 0.717) is 6.42 Å². The molecule has 56 heavy (non-hydrogen) atoms. The van der Waals surface area contributed by atoms with Gasteiger partial charge < -0.3 is 15.5 Å². The zero-order valence-corrected chi connectivity index (χ0v) is 37.9. The molecule has 0 saturated heterocycles. The molecule has 0 rings (SSSR count). The molecule has 0 bridgehead atoms. The first-order chi connectivity index (χ1) is 27.7. The van der Waals surface area contributed by atoms with Gasteiger partial charge >= 0.3 is 0 Å². The van der Waals surface area contributed by atoms with E-state index in [1.54, 1.807) is 6.08 Å². The third-order valence-corrected chi connectivity index (χ3v) is 11.6. The lowest BCUT2D eigenvalue weighted by Crippen LogP contribution is -2.45. The molecule has 0 aromatic heterocycles. The molecule has 2 unspecified atom stereocenters. The summed E-state index contributed by atoms with van der Waals surface area (Å²) in [6.45, 7) is 4.31. The Morgan fingerprint density at radius 1 is 0.411 bits per heavy atom. The Labute approximate surface area is 351 Å². The molecule has 0 aliphatic carbocycles. The Morgan fingerprint density at radius 3 is 1.04 bits per heavy atom. The number of nitrogens with one attached hydrogen (secondary N) is 1. The van der Waals surface area contributed by atoms with Gasteiger partial charge in [-0.25, -0.2) is 0 Å². The van der Waals surface area contributed by atoms with Crippen molar-refractivity contribution < 1.29 is 15.0 Å². The van der Waals surface area contributed by atoms with E-state index in [4.69, 9.17) is 0 Å². The third-order valence-electron chi connectivity index (χ3n) is 11.6. The van der Waals surface area contributed by atoms with Crippen LogP contribution in [0.2, 0.25) is 0 Å². The highest BCUT2D eigenvalue weighted by Gasteiger charge is 2.17. The molecule has 0 spiro atoms. The molecule has 0 heterocycles. The van der Waals surface area contributed by atoms with Crippen LogP contribution in [0.25, 0.3) is 0 Å². The van der Waals surface area contributed by atoms with Crippen LogP contribution in [-0.4, -0.2) is 34.9 Å². The zero-order valence-electron chi connectivity index (χ0n) is 37.9. The Bertz CT molecular complexity index is 851. The summed E-state index contributed by atoms with van der Waals surface area (Å²) in [6.07, 6.45) is 64.3. The average molecular weight is 786 g/mol. The number of aliphatic hydroxyl groups is 2. The predicted molar refractivity (Wildman–Crippen MR) is 248 cm³/mol. The Balaban J connectivity index is 3.54. The fourth-order valence-electron chi connectivity index (χ4n) is 7.74. The minimum atomic E-state index is -0.867. The van der Waals surface area contributed by atoms with Crippen molar-refractivity contribution in [3.05, 3.63) is 36.5 Å². The van der Waals surface area contributed by atoms with Gasteiger partial charge in [-0.3, -0.25) is 4.79 Å². The fourth-order valence-corrected chi connectivity index (χ4v) is 7.74. The summed E-state index contributed by atoms with van der Waals surface area (Å²) in [5.74, 6) is -0.0758. The van der Waals surface area contributed by atoms with Crippen LogP contribution in [0, 0.1) is 0 Å². The van der Waals surface area contributed by atoms with Crippen LogP contribution in [0.4, 0.5) is 0 Å². The molecule has 0 radical (unpaired) electrons. The van der Waals surface area contributed by atoms with Crippen molar-refractivity contribution >= 4 is 5.91 Å². The van der Waals surface area contributed by atoms with Gasteiger partial charge in [0.2, 0.25) is 5.91 Å². The summed E-state index contributed by atoms with van der Waals surface area (Å²) in [7, 11) is 0. The van der Waals surface area contributed by atoms with Crippen molar-refractivity contribution in [2.75, 3.05) is 6.61 Å². The Morgan fingerprint density at radius 2 is 0.696 bits per heavy atom. The minimum Gasteiger partial charge on any atom is -0.394 e. The van der Waals surface area contributed by atoms with Gasteiger partial charge in [-0.05, 0) is 44.9 Å². The second-order valence-electron chi connectivity index (χ2n) is 17.2. The van der Waals surface area contributed by atoms with Crippen molar-refractivity contribution in [1.29, 1.82) is 0 Å². The number of aliphatic hydroxyl groups excluding tert-OH is 2. The lowest BCUT2D eigenvalue weighted by molar-refractivity contribution is -0.123. The summed E-state index contributed by atoms with van der Waals surface area (Å²) in [5, 5.41) is 23.0. The van der Waals surface area contributed by atoms with E-state index in [-0.39, 0.29) is 12.5 Å². The summed E-state index contributed by atoms with van der Waals surface area (Å²) in [4.78, 5) is 12.4. The Hall–Kier alpha value is -1.39. The first-order valence-electron chi connectivity index (χ1n) is 25.2. The molecule has 0 saturated carbocycles. The number of carbonyl (C=O) groups excluding carboxylic acids is 1. The lowest BCUT2D eigenvalue weighted by atomic mass is 10.0. The number of hydrogen-bond acceptors (Lipinski definition) is 3. The van der Waals surface area contributed by atoms with Crippen molar-refractivity contribution in [1.82, 2.24) is 5.32 Å². The van der Waals surface area contributed by atoms with Gasteiger partial charge in [-0.2, -0.15) is 0 Å². The lowest BCUT2D eigenvalue weighted by Gasteiger charge is -2.19. The molecule has 4 nitrogen and oxygen atoms in total. The van der Waals surface area contributed by atoms with Gasteiger partial charge in [-0.1, -0.05) is 256 Å². The second kappa shape index (κ2) is 48.0. The molecule has 0 aromatic carbocycles. The number of allylic oxidation sites excluding steroid dienone is 5. The predicted octanol–water partition coefficient (Wildman–Crippen LogP) is 16.1. The van der Waals surface area contributed by atoms with Crippen molar-refractivity contribution in [2.24, 2.45) is 0 Å². The summed E-state index contributed by atoms with van der Waals surface area (Å²) < 4.78 is 0. The molecule has 330 valence electrons. The monoisotopic (exact) mass is 786 g/mol. The van der Waals surface area contributed by atoms with Gasteiger partial charge in [0.05, 0.1) is 18.8 Å². The van der Waals surface area contributed by atoms with Crippen LogP contribution >= 0.6 is 0 Å². The van der Waals surface area contributed by atoms with E-state index >= 15 is 0 Å². The molecular formula is C52H99NO3. The summed E-state index contributed by atoms with van der Waals surface area (Å²) in [5.41, 5.74) is 0. The number of unbranched alkanes of at least 4 members (excludes halogenated alkanes) is 35. The van der Waals surface area contributed by atoms with Crippen LogP contribution in [0.15, 0.2) is 36.5 Å².